The van der Waals surface area contributed by atoms with Gasteiger partial charge in [0.15, 0.2) is 5.76 Å². The summed E-state index contributed by atoms with van der Waals surface area (Å²) in [5.74, 6) is 0.686. The molecule has 0 aliphatic rings. The Morgan fingerprint density at radius 1 is 1.27 bits per heavy atom. The molecule has 3 nitrogen and oxygen atoms in total. The van der Waals surface area contributed by atoms with E-state index in [9.17, 15) is 4.79 Å². The Kier molecular flexibility index (Phi) is 2.46. The van der Waals surface area contributed by atoms with Gasteiger partial charge in [-0.25, -0.2) is 0 Å². The second kappa shape index (κ2) is 3.77. The Labute approximate surface area is 87.9 Å². The number of hydrogen-bond donors (Lipinski definition) is 0. The molecule has 1 aromatic carbocycles. The average Bonchev–Trinajstić information content (AvgIpc) is 2.56. The van der Waals surface area contributed by atoms with Gasteiger partial charge in [0.2, 0.25) is 0 Å². The Hall–Kier alpha value is -1.77. The van der Waals surface area contributed by atoms with Crippen LogP contribution in [-0.4, -0.2) is 4.74 Å². The number of rotatable bonds is 2. The summed E-state index contributed by atoms with van der Waals surface area (Å²) in [6, 6.07) is 9.69. The maximum absolute atomic E-state index is 11.7. The molecule has 0 radical (unpaired) electrons. The van der Waals surface area contributed by atoms with Crippen LogP contribution in [0.5, 0.6) is 0 Å². The highest BCUT2D eigenvalue weighted by Gasteiger charge is 2.14. The van der Waals surface area contributed by atoms with E-state index in [1.54, 1.807) is 7.05 Å². The highest BCUT2D eigenvalue weighted by atomic mass is 16.5. The molecule has 15 heavy (non-hydrogen) atoms. The maximum Gasteiger partial charge on any atom is 0.285 e. The molecule has 1 heterocycles. The van der Waals surface area contributed by atoms with Crippen LogP contribution in [0, 0.1) is 0 Å². The summed E-state index contributed by atoms with van der Waals surface area (Å²) in [6.07, 6.45) is 0.688. The molecule has 0 aliphatic heterocycles. The maximum atomic E-state index is 11.7. The van der Waals surface area contributed by atoms with Gasteiger partial charge in [0.25, 0.3) is 5.56 Å². The van der Waals surface area contributed by atoms with Crippen LogP contribution in [0.3, 0.4) is 0 Å². The van der Waals surface area contributed by atoms with Crippen LogP contribution in [0.4, 0.5) is 0 Å². The van der Waals surface area contributed by atoms with E-state index < -0.39 is 0 Å². The van der Waals surface area contributed by atoms with Crippen molar-refractivity contribution in [2.45, 2.75) is 13.3 Å². The largest absolute Gasteiger partial charge is 0.376 e. The third kappa shape index (κ3) is 1.61. The van der Waals surface area contributed by atoms with Crippen molar-refractivity contribution >= 4 is 0 Å². The zero-order valence-corrected chi connectivity index (χ0v) is 8.86. The van der Waals surface area contributed by atoms with E-state index in [-0.39, 0.29) is 5.56 Å². The predicted octanol–water partition coefficient (Wildman–Crippen LogP) is 2.21. The van der Waals surface area contributed by atoms with Gasteiger partial charge < -0.3 is 4.52 Å². The molecule has 0 fully saturated rings. The smallest absolute Gasteiger partial charge is 0.285 e. The molecule has 0 N–H and O–H groups in total. The van der Waals surface area contributed by atoms with Gasteiger partial charge in [0.05, 0.1) is 5.56 Å². The zero-order valence-electron chi connectivity index (χ0n) is 8.86. The number of nitrogens with zero attached hydrogens (tertiary/aromatic N) is 1. The van der Waals surface area contributed by atoms with E-state index in [0.29, 0.717) is 12.2 Å². The van der Waals surface area contributed by atoms with Gasteiger partial charge in [-0.3, -0.25) is 4.79 Å². The minimum absolute atomic E-state index is 0.0450. The van der Waals surface area contributed by atoms with Gasteiger partial charge in [0, 0.05) is 12.6 Å². The topological polar surface area (TPSA) is 35.1 Å². The lowest BCUT2D eigenvalue weighted by molar-refractivity contribution is 0.307. The second-order valence-corrected chi connectivity index (χ2v) is 3.42. The van der Waals surface area contributed by atoms with Gasteiger partial charge >= 0.3 is 0 Å². The summed E-state index contributed by atoms with van der Waals surface area (Å²) < 4.78 is 6.71. The first-order valence-corrected chi connectivity index (χ1v) is 4.98. The number of aromatic nitrogens is 1. The van der Waals surface area contributed by atoms with Crippen LogP contribution < -0.4 is 5.56 Å². The van der Waals surface area contributed by atoms with Gasteiger partial charge in [-0.15, -0.1) is 0 Å². The molecular formula is C12H13NO2. The van der Waals surface area contributed by atoms with Crippen LogP contribution in [-0.2, 0) is 13.5 Å². The first-order valence-electron chi connectivity index (χ1n) is 4.98. The lowest BCUT2D eigenvalue weighted by atomic mass is 10.1. The SMILES string of the molecule is CCc1c(-c2ccccc2)on(C)c1=O. The Morgan fingerprint density at radius 2 is 1.93 bits per heavy atom. The number of benzene rings is 1. The van der Waals surface area contributed by atoms with E-state index in [1.165, 1.54) is 4.74 Å². The summed E-state index contributed by atoms with van der Waals surface area (Å²) in [4.78, 5) is 11.7. The zero-order chi connectivity index (χ0) is 10.8. The first kappa shape index (κ1) is 9.77. The van der Waals surface area contributed by atoms with Crippen LogP contribution in [0.1, 0.15) is 12.5 Å². The molecule has 0 aliphatic carbocycles. The monoisotopic (exact) mass is 203 g/mol. The highest BCUT2D eigenvalue weighted by Crippen LogP contribution is 2.21. The van der Waals surface area contributed by atoms with E-state index in [2.05, 4.69) is 0 Å². The molecule has 78 valence electrons. The lowest BCUT2D eigenvalue weighted by Gasteiger charge is -1.96. The second-order valence-electron chi connectivity index (χ2n) is 3.42. The van der Waals surface area contributed by atoms with Crippen molar-refractivity contribution in [2.24, 2.45) is 7.05 Å². The Morgan fingerprint density at radius 3 is 2.53 bits per heavy atom. The van der Waals surface area contributed by atoms with Gasteiger partial charge in [-0.2, -0.15) is 4.74 Å². The molecule has 0 saturated carbocycles. The third-order valence-electron chi connectivity index (χ3n) is 2.44. The molecule has 0 atom stereocenters. The van der Waals surface area contributed by atoms with Crippen LogP contribution in [0.15, 0.2) is 39.6 Å². The predicted molar refractivity (Wildman–Crippen MR) is 58.8 cm³/mol. The fraction of sp³-hybridized carbons (Fsp3) is 0.250. The summed E-state index contributed by atoms with van der Waals surface area (Å²) >= 11 is 0. The van der Waals surface area contributed by atoms with Crippen molar-refractivity contribution in [1.82, 2.24) is 4.74 Å². The molecule has 2 aromatic rings. The lowest BCUT2D eigenvalue weighted by Crippen LogP contribution is -2.13. The molecule has 1 aromatic heterocycles. The number of hydrogen-bond acceptors (Lipinski definition) is 2. The molecular weight excluding hydrogens is 190 g/mol. The van der Waals surface area contributed by atoms with Gasteiger partial charge in [0.1, 0.15) is 0 Å². The van der Waals surface area contributed by atoms with Gasteiger partial charge in [-0.05, 0) is 6.42 Å². The molecule has 0 saturated heterocycles. The minimum Gasteiger partial charge on any atom is -0.376 e. The molecule has 0 spiro atoms. The fourth-order valence-corrected chi connectivity index (χ4v) is 1.65. The quantitative estimate of drug-likeness (QED) is 0.750. The summed E-state index contributed by atoms with van der Waals surface area (Å²) in [5, 5.41) is 0. The van der Waals surface area contributed by atoms with E-state index in [4.69, 9.17) is 4.52 Å². The van der Waals surface area contributed by atoms with Crippen molar-refractivity contribution < 1.29 is 4.52 Å². The average molecular weight is 203 g/mol. The van der Waals surface area contributed by atoms with Crippen molar-refractivity contribution in [3.8, 4) is 11.3 Å². The Bertz CT molecular complexity index is 508. The fourth-order valence-electron chi connectivity index (χ4n) is 1.65. The van der Waals surface area contributed by atoms with Crippen molar-refractivity contribution in [1.29, 1.82) is 0 Å². The van der Waals surface area contributed by atoms with Crippen LogP contribution in [0.25, 0.3) is 11.3 Å². The van der Waals surface area contributed by atoms with E-state index >= 15 is 0 Å². The molecule has 3 heteroatoms. The summed E-state index contributed by atoms with van der Waals surface area (Å²) in [7, 11) is 1.63. The van der Waals surface area contributed by atoms with E-state index in [1.807, 2.05) is 37.3 Å². The molecule has 0 unspecified atom stereocenters. The summed E-state index contributed by atoms with van der Waals surface area (Å²) in [5.41, 5.74) is 1.65. The third-order valence-corrected chi connectivity index (χ3v) is 2.44. The van der Waals surface area contributed by atoms with Crippen molar-refractivity contribution in [2.75, 3.05) is 0 Å². The molecule has 2 rings (SSSR count). The van der Waals surface area contributed by atoms with Gasteiger partial charge in [-0.1, -0.05) is 37.3 Å². The first-order chi connectivity index (χ1) is 7.24. The van der Waals surface area contributed by atoms with Crippen LogP contribution in [0.2, 0.25) is 0 Å². The summed E-state index contributed by atoms with van der Waals surface area (Å²) in [6.45, 7) is 1.96. The highest BCUT2D eigenvalue weighted by molar-refractivity contribution is 5.60. The molecule has 0 amide bonds. The van der Waals surface area contributed by atoms with Crippen molar-refractivity contribution in [3.05, 3.63) is 46.2 Å². The Balaban J connectivity index is 2.64. The van der Waals surface area contributed by atoms with Crippen LogP contribution >= 0.6 is 0 Å². The standard InChI is InChI=1S/C12H13NO2/c1-3-10-11(15-13(2)12(10)14)9-7-5-4-6-8-9/h4-8H,3H2,1-2H3. The normalized spacial score (nSPS) is 10.5. The van der Waals surface area contributed by atoms with Crippen molar-refractivity contribution in [3.63, 3.8) is 0 Å². The number of aryl methyl sites for hydroxylation is 1. The molecule has 0 bridgehead atoms. The van der Waals surface area contributed by atoms with E-state index in [0.717, 1.165) is 11.1 Å². The minimum atomic E-state index is -0.0450.